The summed E-state index contributed by atoms with van der Waals surface area (Å²) in [6.45, 7) is 0. The van der Waals surface area contributed by atoms with Gasteiger partial charge in [0, 0.05) is 24.2 Å². The van der Waals surface area contributed by atoms with E-state index in [1.165, 1.54) is 0 Å². The van der Waals surface area contributed by atoms with E-state index < -0.39 is 17.5 Å². The maximum absolute atomic E-state index is 12.4. The Hall–Kier alpha value is -3.76. The van der Waals surface area contributed by atoms with Crippen molar-refractivity contribution in [3.63, 3.8) is 0 Å². The minimum Gasteiger partial charge on any atom is -0.327 e. The maximum Gasteiger partial charge on any atom is 0.271 e. The van der Waals surface area contributed by atoms with Crippen molar-refractivity contribution in [3.8, 4) is 17.2 Å². The number of nitrogens with two attached hydrogens (primary N) is 1. The average molecular weight is 359 g/mol. The molecule has 1 amide bonds. The summed E-state index contributed by atoms with van der Waals surface area (Å²) in [4.78, 5) is 31.0. The van der Waals surface area contributed by atoms with Crippen molar-refractivity contribution in [3.05, 3.63) is 82.5 Å². The van der Waals surface area contributed by atoms with Crippen LogP contribution < -0.4 is 16.6 Å². The molecule has 0 radical (unpaired) electrons. The second-order valence-electron chi connectivity index (χ2n) is 5.98. The molecule has 27 heavy (non-hydrogen) atoms. The molecular formula is C20H17N5O2. The number of aromatic nitrogens is 2. The molecule has 2 heterocycles. The predicted octanol–water partition coefficient (Wildman–Crippen LogP) is 1.82. The Bertz CT molecular complexity index is 1040. The van der Waals surface area contributed by atoms with E-state index in [0.717, 1.165) is 16.7 Å². The standard InChI is InChI=1S/C20H17N5O2/c21-11-14-3-1-13(2-4-14)9-17(22)19(26)25-18-10-16(12-24-20(18)27)15-5-7-23-8-6-15/h1-8,10,12,17H,9,22H2,(H,24,27)(H,25,26)/t17-/m1/s1. The van der Waals surface area contributed by atoms with Crippen molar-refractivity contribution in [1.29, 1.82) is 5.26 Å². The molecule has 0 unspecified atom stereocenters. The van der Waals surface area contributed by atoms with Crippen molar-refractivity contribution < 1.29 is 4.79 Å². The molecular weight excluding hydrogens is 342 g/mol. The average Bonchev–Trinajstić information content (AvgIpc) is 2.70. The van der Waals surface area contributed by atoms with Gasteiger partial charge < -0.3 is 16.0 Å². The number of hydrogen-bond acceptors (Lipinski definition) is 5. The first kappa shape index (κ1) is 18.0. The fourth-order valence-electron chi connectivity index (χ4n) is 2.58. The van der Waals surface area contributed by atoms with E-state index in [2.05, 4.69) is 15.3 Å². The molecule has 7 heteroatoms. The van der Waals surface area contributed by atoms with Crippen LogP contribution in [0.25, 0.3) is 11.1 Å². The van der Waals surface area contributed by atoms with Gasteiger partial charge in [0.1, 0.15) is 5.69 Å². The number of pyridine rings is 2. The number of aromatic amines is 1. The number of carbonyl (C=O) groups excluding carboxylic acids is 1. The number of nitrogens with one attached hydrogen (secondary N) is 2. The van der Waals surface area contributed by atoms with Crippen LogP contribution in [0.4, 0.5) is 5.69 Å². The SMILES string of the molecule is N#Cc1ccc(C[C@@H](N)C(=O)Nc2cc(-c3ccncc3)c[nH]c2=O)cc1. The van der Waals surface area contributed by atoms with E-state index in [-0.39, 0.29) is 5.69 Å². The van der Waals surface area contributed by atoms with Crippen LogP contribution >= 0.6 is 0 Å². The Labute approximate surface area is 155 Å². The van der Waals surface area contributed by atoms with Crippen molar-refractivity contribution in [2.24, 2.45) is 5.73 Å². The zero-order chi connectivity index (χ0) is 19.2. The van der Waals surface area contributed by atoms with E-state index in [9.17, 15) is 9.59 Å². The van der Waals surface area contributed by atoms with Crippen LogP contribution in [0.2, 0.25) is 0 Å². The lowest BCUT2D eigenvalue weighted by molar-refractivity contribution is -0.117. The zero-order valence-corrected chi connectivity index (χ0v) is 14.3. The van der Waals surface area contributed by atoms with Gasteiger partial charge in [-0.2, -0.15) is 5.26 Å². The number of nitriles is 1. The molecule has 0 aliphatic carbocycles. The van der Waals surface area contributed by atoms with E-state index in [4.69, 9.17) is 11.0 Å². The van der Waals surface area contributed by atoms with Gasteiger partial charge in [-0.3, -0.25) is 14.6 Å². The Morgan fingerprint density at radius 2 is 1.89 bits per heavy atom. The molecule has 0 saturated carbocycles. The fourth-order valence-corrected chi connectivity index (χ4v) is 2.58. The van der Waals surface area contributed by atoms with Crippen LogP contribution in [0.3, 0.4) is 0 Å². The number of benzene rings is 1. The summed E-state index contributed by atoms with van der Waals surface area (Å²) in [7, 11) is 0. The van der Waals surface area contributed by atoms with Crippen molar-refractivity contribution >= 4 is 11.6 Å². The highest BCUT2D eigenvalue weighted by atomic mass is 16.2. The lowest BCUT2D eigenvalue weighted by atomic mass is 10.0. The molecule has 0 bridgehead atoms. The van der Waals surface area contributed by atoms with Gasteiger partial charge in [0.25, 0.3) is 5.56 Å². The van der Waals surface area contributed by atoms with Crippen LogP contribution in [0, 0.1) is 11.3 Å². The molecule has 7 nitrogen and oxygen atoms in total. The van der Waals surface area contributed by atoms with Crippen LogP contribution in [0.15, 0.2) is 65.8 Å². The van der Waals surface area contributed by atoms with Gasteiger partial charge in [0.05, 0.1) is 17.7 Å². The zero-order valence-electron chi connectivity index (χ0n) is 14.3. The van der Waals surface area contributed by atoms with E-state index in [1.807, 2.05) is 6.07 Å². The first-order valence-electron chi connectivity index (χ1n) is 8.25. The number of amides is 1. The number of anilines is 1. The van der Waals surface area contributed by atoms with Gasteiger partial charge in [-0.05, 0) is 47.9 Å². The summed E-state index contributed by atoms with van der Waals surface area (Å²) in [5, 5.41) is 11.4. The summed E-state index contributed by atoms with van der Waals surface area (Å²) in [6, 6.07) is 13.2. The lowest BCUT2D eigenvalue weighted by Gasteiger charge is -2.13. The predicted molar refractivity (Wildman–Crippen MR) is 102 cm³/mol. The van der Waals surface area contributed by atoms with Crippen molar-refractivity contribution in [2.45, 2.75) is 12.5 Å². The summed E-state index contributed by atoms with van der Waals surface area (Å²) in [6.07, 6.45) is 5.15. The summed E-state index contributed by atoms with van der Waals surface area (Å²) < 4.78 is 0. The third-order valence-electron chi connectivity index (χ3n) is 4.05. The van der Waals surface area contributed by atoms with Gasteiger partial charge in [-0.15, -0.1) is 0 Å². The van der Waals surface area contributed by atoms with Gasteiger partial charge in [-0.1, -0.05) is 12.1 Å². The fraction of sp³-hybridized carbons (Fsp3) is 0.100. The highest BCUT2D eigenvalue weighted by Crippen LogP contribution is 2.18. The third-order valence-corrected chi connectivity index (χ3v) is 4.05. The topological polar surface area (TPSA) is 125 Å². The number of rotatable bonds is 5. The highest BCUT2D eigenvalue weighted by molar-refractivity contribution is 5.95. The molecule has 0 spiro atoms. The van der Waals surface area contributed by atoms with Crippen LogP contribution in [-0.4, -0.2) is 21.9 Å². The van der Waals surface area contributed by atoms with E-state index >= 15 is 0 Å². The van der Waals surface area contributed by atoms with E-state index in [1.54, 1.807) is 61.1 Å². The molecule has 1 atom stereocenters. The molecule has 4 N–H and O–H groups in total. The largest absolute Gasteiger partial charge is 0.327 e. The van der Waals surface area contributed by atoms with Gasteiger partial charge in [0.2, 0.25) is 5.91 Å². The van der Waals surface area contributed by atoms with Crippen LogP contribution in [0.5, 0.6) is 0 Å². The number of H-pyrrole nitrogens is 1. The molecule has 2 aromatic heterocycles. The second kappa shape index (κ2) is 8.08. The number of nitrogens with zero attached hydrogens (tertiary/aromatic N) is 2. The Morgan fingerprint density at radius 3 is 2.56 bits per heavy atom. The third kappa shape index (κ3) is 4.45. The quantitative estimate of drug-likeness (QED) is 0.641. The summed E-state index contributed by atoms with van der Waals surface area (Å²) in [5.74, 6) is -0.461. The highest BCUT2D eigenvalue weighted by Gasteiger charge is 2.16. The lowest BCUT2D eigenvalue weighted by Crippen LogP contribution is -2.38. The first-order valence-corrected chi connectivity index (χ1v) is 8.25. The molecule has 134 valence electrons. The summed E-state index contributed by atoms with van der Waals surface area (Å²) >= 11 is 0. The first-order chi connectivity index (χ1) is 13.1. The number of hydrogen-bond donors (Lipinski definition) is 3. The Kier molecular flexibility index (Phi) is 5.40. The maximum atomic E-state index is 12.4. The molecule has 3 rings (SSSR count). The Morgan fingerprint density at radius 1 is 1.19 bits per heavy atom. The molecule has 0 fully saturated rings. The van der Waals surface area contributed by atoms with Crippen LogP contribution in [-0.2, 0) is 11.2 Å². The Balaban J connectivity index is 1.73. The second-order valence-corrected chi connectivity index (χ2v) is 5.98. The van der Waals surface area contributed by atoms with Gasteiger partial charge in [-0.25, -0.2) is 0 Å². The summed E-state index contributed by atoms with van der Waals surface area (Å²) in [5.41, 5.74) is 8.66. The smallest absolute Gasteiger partial charge is 0.271 e. The van der Waals surface area contributed by atoms with Crippen molar-refractivity contribution in [2.75, 3.05) is 5.32 Å². The molecule has 0 saturated heterocycles. The van der Waals surface area contributed by atoms with E-state index in [0.29, 0.717) is 12.0 Å². The number of carbonyl (C=O) groups is 1. The minimum absolute atomic E-state index is 0.129. The molecule has 0 aliphatic heterocycles. The molecule has 1 aromatic carbocycles. The van der Waals surface area contributed by atoms with Crippen LogP contribution in [0.1, 0.15) is 11.1 Å². The van der Waals surface area contributed by atoms with Gasteiger partial charge in [0.15, 0.2) is 0 Å². The monoisotopic (exact) mass is 359 g/mol. The molecule has 0 aliphatic rings. The molecule has 3 aromatic rings. The normalized spacial score (nSPS) is 11.4. The minimum atomic E-state index is -0.832. The van der Waals surface area contributed by atoms with Gasteiger partial charge >= 0.3 is 0 Å². The van der Waals surface area contributed by atoms with Crippen molar-refractivity contribution in [1.82, 2.24) is 9.97 Å².